The fraction of sp³-hybridized carbons (Fsp3) is 0.708. The van der Waals surface area contributed by atoms with Crippen LogP contribution >= 0.6 is 0 Å². The molecule has 148 valence electrons. The Morgan fingerprint density at radius 3 is 1.69 bits per heavy atom. The standard InChI is InChI=1S/C24H40O2/c1-2-3-4-5-6-7-8-9-10-11-12-16-23(25)17-14-13-15-22-18-20-24(26)21-19-22/h18-21,26H,2-17H2,1H3. The molecule has 0 bridgehead atoms. The topological polar surface area (TPSA) is 37.3 Å². The van der Waals surface area contributed by atoms with Gasteiger partial charge in [0, 0.05) is 12.8 Å². The number of ketones is 1. The van der Waals surface area contributed by atoms with Gasteiger partial charge in [-0.05, 0) is 43.4 Å². The molecule has 1 N–H and O–H groups in total. The number of hydrogen-bond acceptors (Lipinski definition) is 2. The number of aryl methyl sites for hydroxylation is 1. The SMILES string of the molecule is CCCCCCCCCCCCCC(=O)CCCCc1ccc(O)cc1. The lowest BCUT2D eigenvalue weighted by molar-refractivity contribution is -0.119. The monoisotopic (exact) mass is 360 g/mol. The van der Waals surface area contributed by atoms with E-state index in [4.69, 9.17) is 0 Å². The molecule has 0 aliphatic heterocycles. The van der Waals surface area contributed by atoms with Crippen LogP contribution in [0.5, 0.6) is 5.75 Å². The van der Waals surface area contributed by atoms with Crippen LogP contribution in [0.25, 0.3) is 0 Å². The molecule has 0 aromatic heterocycles. The van der Waals surface area contributed by atoms with Crippen LogP contribution in [0.4, 0.5) is 0 Å². The molecule has 26 heavy (non-hydrogen) atoms. The molecule has 2 nitrogen and oxygen atoms in total. The highest BCUT2D eigenvalue weighted by Gasteiger charge is 2.02. The average Bonchev–Trinajstić information content (AvgIpc) is 2.65. The van der Waals surface area contributed by atoms with Crippen LogP contribution in [0, 0.1) is 0 Å². The van der Waals surface area contributed by atoms with Crippen molar-refractivity contribution in [1.82, 2.24) is 0 Å². The van der Waals surface area contributed by atoms with Gasteiger partial charge >= 0.3 is 0 Å². The second kappa shape index (κ2) is 15.9. The largest absolute Gasteiger partial charge is 0.508 e. The van der Waals surface area contributed by atoms with Gasteiger partial charge in [0.25, 0.3) is 0 Å². The average molecular weight is 361 g/mol. The van der Waals surface area contributed by atoms with E-state index in [1.807, 2.05) is 12.1 Å². The number of unbranched alkanes of at least 4 members (excludes halogenated alkanes) is 11. The molecule has 0 saturated carbocycles. The molecule has 1 aromatic carbocycles. The Morgan fingerprint density at radius 1 is 0.692 bits per heavy atom. The third-order valence-electron chi connectivity index (χ3n) is 5.17. The number of carbonyl (C=O) groups is 1. The Hall–Kier alpha value is -1.31. The molecule has 0 fully saturated rings. The number of phenols is 1. The third kappa shape index (κ3) is 13.0. The van der Waals surface area contributed by atoms with Gasteiger partial charge in [-0.1, -0.05) is 83.3 Å². The normalized spacial score (nSPS) is 11.0. The Kier molecular flexibility index (Phi) is 13.9. The van der Waals surface area contributed by atoms with Gasteiger partial charge in [0.1, 0.15) is 11.5 Å². The van der Waals surface area contributed by atoms with Crippen LogP contribution < -0.4 is 0 Å². The maximum absolute atomic E-state index is 11.9. The number of hydrogen-bond donors (Lipinski definition) is 1. The van der Waals surface area contributed by atoms with E-state index in [9.17, 15) is 9.90 Å². The Balaban J connectivity index is 1.84. The van der Waals surface area contributed by atoms with Crippen LogP contribution in [-0.4, -0.2) is 10.9 Å². The number of benzene rings is 1. The summed E-state index contributed by atoms with van der Waals surface area (Å²) in [6, 6.07) is 7.38. The van der Waals surface area contributed by atoms with E-state index >= 15 is 0 Å². The number of Topliss-reactive ketones (excluding diaryl/α,β-unsaturated/α-hetero) is 1. The molecule has 0 unspecified atom stereocenters. The highest BCUT2D eigenvalue weighted by Crippen LogP contribution is 2.14. The Morgan fingerprint density at radius 2 is 1.15 bits per heavy atom. The summed E-state index contributed by atoms with van der Waals surface area (Å²) < 4.78 is 0. The maximum Gasteiger partial charge on any atom is 0.132 e. The van der Waals surface area contributed by atoms with Crippen molar-refractivity contribution < 1.29 is 9.90 Å². The quantitative estimate of drug-likeness (QED) is 0.294. The fourth-order valence-corrected chi connectivity index (χ4v) is 3.43. The molecule has 1 aromatic rings. The minimum Gasteiger partial charge on any atom is -0.508 e. The molecule has 0 spiro atoms. The van der Waals surface area contributed by atoms with Gasteiger partial charge in [-0.25, -0.2) is 0 Å². The highest BCUT2D eigenvalue weighted by molar-refractivity contribution is 5.78. The van der Waals surface area contributed by atoms with Gasteiger partial charge in [0.2, 0.25) is 0 Å². The summed E-state index contributed by atoms with van der Waals surface area (Å²) in [6.07, 6.45) is 19.2. The maximum atomic E-state index is 11.9. The van der Waals surface area contributed by atoms with E-state index in [0.29, 0.717) is 11.5 Å². The number of aromatic hydroxyl groups is 1. The zero-order chi connectivity index (χ0) is 18.9. The van der Waals surface area contributed by atoms with Gasteiger partial charge in [-0.15, -0.1) is 0 Å². The van der Waals surface area contributed by atoms with Gasteiger partial charge in [-0.2, -0.15) is 0 Å². The smallest absolute Gasteiger partial charge is 0.132 e. The van der Waals surface area contributed by atoms with Crippen molar-refractivity contribution in [1.29, 1.82) is 0 Å². The lowest BCUT2D eigenvalue weighted by Gasteiger charge is -2.04. The molecule has 2 heteroatoms. The summed E-state index contributed by atoms with van der Waals surface area (Å²) in [5.74, 6) is 0.752. The van der Waals surface area contributed by atoms with Crippen molar-refractivity contribution in [3.8, 4) is 5.75 Å². The summed E-state index contributed by atoms with van der Waals surface area (Å²) >= 11 is 0. The van der Waals surface area contributed by atoms with Crippen LogP contribution in [0.2, 0.25) is 0 Å². The number of phenolic OH excluding ortho intramolecular Hbond substituents is 1. The predicted octanol–water partition coefficient (Wildman–Crippen LogP) is 7.38. The molecule has 0 atom stereocenters. The second-order valence-corrected chi connectivity index (χ2v) is 7.70. The van der Waals surface area contributed by atoms with Crippen molar-refractivity contribution in [3.63, 3.8) is 0 Å². The zero-order valence-electron chi connectivity index (χ0n) is 17.0. The van der Waals surface area contributed by atoms with E-state index in [0.717, 1.165) is 38.5 Å². The van der Waals surface area contributed by atoms with Gasteiger partial charge in [0.15, 0.2) is 0 Å². The predicted molar refractivity (Wildman–Crippen MR) is 112 cm³/mol. The first-order valence-electron chi connectivity index (χ1n) is 11.0. The Bertz CT molecular complexity index is 450. The third-order valence-corrected chi connectivity index (χ3v) is 5.17. The molecule has 0 aliphatic carbocycles. The molecular weight excluding hydrogens is 320 g/mol. The summed E-state index contributed by atoms with van der Waals surface area (Å²) in [5, 5.41) is 9.26. The number of rotatable bonds is 17. The van der Waals surface area contributed by atoms with Crippen LogP contribution in [0.3, 0.4) is 0 Å². The molecule has 1 rings (SSSR count). The highest BCUT2D eigenvalue weighted by atomic mass is 16.3. The molecule has 0 radical (unpaired) electrons. The lowest BCUT2D eigenvalue weighted by atomic mass is 10.0. The summed E-state index contributed by atoms with van der Waals surface area (Å²) in [5.41, 5.74) is 1.24. The molecular formula is C24H40O2. The minimum absolute atomic E-state index is 0.316. The van der Waals surface area contributed by atoms with Crippen molar-refractivity contribution in [2.75, 3.05) is 0 Å². The van der Waals surface area contributed by atoms with Crippen molar-refractivity contribution >= 4 is 5.78 Å². The first-order valence-corrected chi connectivity index (χ1v) is 11.0. The van der Waals surface area contributed by atoms with E-state index in [1.54, 1.807) is 12.1 Å². The van der Waals surface area contributed by atoms with Gasteiger partial charge in [0.05, 0.1) is 0 Å². The van der Waals surface area contributed by atoms with Crippen LogP contribution in [0.15, 0.2) is 24.3 Å². The van der Waals surface area contributed by atoms with E-state index < -0.39 is 0 Å². The first-order chi connectivity index (χ1) is 12.7. The second-order valence-electron chi connectivity index (χ2n) is 7.70. The van der Waals surface area contributed by atoms with Crippen molar-refractivity contribution in [2.24, 2.45) is 0 Å². The lowest BCUT2D eigenvalue weighted by Crippen LogP contribution is -1.98. The van der Waals surface area contributed by atoms with E-state index in [-0.39, 0.29) is 0 Å². The van der Waals surface area contributed by atoms with E-state index in [1.165, 1.54) is 69.8 Å². The summed E-state index contributed by atoms with van der Waals surface area (Å²) in [6.45, 7) is 2.27. The zero-order valence-corrected chi connectivity index (χ0v) is 17.0. The van der Waals surface area contributed by atoms with Crippen LogP contribution in [0.1, 0.15) is 109 Å². The van der Waals surface area contributed by atoms with Crippen LogP contribution in [-0.2, 0) is 11.2 Å². The van der Waals surface area contributed by atoms with Gasteiger partial charge in [-0.3, -0.25) is 4.79 Å². The summed E-state index contributed by atoms with van der Waals surface area (Å²) in [4.78, 5) is 11.9. The molecule has 0 heterocycles. The van der Waals surface area contributed by atoms with Crippen molar-refractivity contribution in [2.45, 2.75) is 110 Å². The van der Waals surface area contributed by atoms with Gasteiger partial charge < -0.3 is 5.11 Å². The molecule has 0 amide bonds. The molecule has 0 saturated heterocycles. The van der Waals surface area contributed by atoms with Crippen molar-refractivity contribution in [3.05, 3.63) is 29.8 Å². The fourth-order valence-electron chi connectivity index (χ4n) is 3.43. The number of carbonyl (C=O) groups excluding carboxylic acids is 1. The minimum atomic E-state index is 0.316. The summed E-state index contributed by atoms with van der Waals surface area (Å²) in [7, 11) is 0. The Labute approximate surface area is 161 Å². The van der Waals surface area contributed by atoms with E-state index in [2.05, 4.69) is 6.92 Å². The first kappa shape index (κ1) is 22.7. The molecule has 0 aliphatic rings.